The third-order valence-corrected chi connectivity index (χ3v) is 5.15. The van der Waals surface area contributed by atoms with Gasteiger partial charge in [0, 0.05) is 10.6 Å². The van der Waals surface area contributed by atoms with Crippen LogP contribution in [0.3, 0.4) is 0 Å². The van der Waals surface area contributed by atoms with Crippen LogP contribution in [0, 0.1) is 5.82 Å². The number of hydrogen-bond acceptors (Lipinski definition) is 2. The summed E-state index contributed by atoms with van der Waals surface area (Å²) < 4.78 is 14.7. The number of rotatable bonds is 4. The third-order valence-electron chi connectivity index (χ3n) is 4.60. The molecule has 0 aliphatic heterocycles. The highest BCUT2D eigenvalue weighted by atomic mass is 35.5. The lowest BCUT2D eigenvalue weighted by molar-refractivity contribution is 0.627. The van der Waals surface area contributed by atoms with Crippen LogP contribution in [0.15, 0.2) is 82.6 Å². The number of benzene rings is 3. The number of hydrogen-bond donors (Lipinski definition) is 1. The van der Waals surface area contributed by atoms with E-state index >= 15 is 0 Å². The molecule has 150 valence electrons. The van der Waals surface area contributed by atoms with Crippen LogP contribution in [-0.2, 0) is 0 Å². The van der Waals surface area contributed by atoms with Gasteiger partial charge < -0.3 is 0 Å². The Labute approximate surface area is 182 Å². The molecular formula is C23H16Cl2FN3O. The predicted octanol–water partition coefficient (Wildman–Crippen LogP) is 6.42. The van der Waals surface area contributed by atoms with Gasteiger partial charge in [0.25, 0.3) is 5.56 Å². The van der Waals surface area contributed by atoms with Crippen LogP contribution in [0.1, 0.15) is 12.5 Å². The number of H-pyrrole nitrogens is 1. The van der Waals surface area contributed by atoms with E-state index in [-0.39, 0.29) is 11.4 Å². The molecule has 0 spiro atoms. The summed E-state index contributed by atoms with van der Waals surface area (Å²) >= 11 is 12.3. The molecule has 0 aliphatic rings. The van der Waals surface area contributed by atoms with E-state index in [1.165, 1.54) is 28.9 Å². The zero-order chi connectivity index (χ0) is 21.3. The maximum absolute atomic E-state index is 13.4. The van der Waals surface area contributed by atoms with E-state index in [0.717, 1.165) is 5.56 Å². The Morgan fingerprint density at radius 2 is 1.70 bits per heavy atom. The second-order valence-electron chi connectivity index (χ2n) is 6.64. The first-order valence-electron chi connectivity index (χ1n) is 9.11. The highest BCUT2D eigenvalue weighted by molar-refractivity contribution is 6.35. The molecule has 0 atom stereocenters. The van der Waals surface area contributed by atoms with Gasteiger partial charge in [-0.25, -0.2) is 9.07 Å². The standard InChI is InChI=1S/C23H16Cl2FN3O/c1-14(27-20-13-16(24)7-12-19(20)25)21-22(15-5-3-2-4-6-15)28-29(23(21)30)18-10-8-17(26)9-11-18/h2-13,28H,1H3. The average molecular weight is 440 g/mol. The number of aromatic nitrogens is 2. The van der Waals surface area contributed by atoms with Crippen molar-refractivity contribution >= 4 is 34.6 Å². The van der Waals surface area contributed by atoms with Crippen LogP contribution in [0.4, 0.5) is 10.1 Å². The van der Waals surface area contributed by atoms with Gasteiger partial charge in [-0.3, -0.25) is 14.9 Å². The van der Waals surface area contributed by atoms with Gasteiger partial charge >= 0.3 is 0 Å². The predicted molar refractivity (Wildman–Crippen MR) is 120 cm³/mol. The van der Waals surface area contributed by atoms with Gasteiger partial charge in [-0.1, -0.05) is 53.5 Å². The molecule has 0 unspecified atom stereocenters. The van der Waals surface area contributed by atoms with Crippen molar-refractivity contribution in [2.24, 2.45) is 4.99 Å². The largest absolute Gasteiger partial charge is 0.290 e. The lowest BCUT2D eigenvalue weighted by atomic mass is 10.1. The highest BCUT2D eigenvalue weighted by Gasteiger charge is 2.19. The summed E-state index contributed by atoms with van der Waals surface area (Å²) in [6, 6.07) is 20.1. The molecule has 1 heterocycles. The summed E-state index contributed by atoms with van der Waals surface area (Å²) in [5.74, 6) is -0.379. The fraction of sp³-hybridized carbons (Fsp3) is 0.0435. The first kappa shape index (κ1) is 20.1. The highest BCUT2D eigenvalue weighted by Crippen LogP contribution is 2.30. The Morgan fingerprint density at radius 3 is 2.40 bits per heavy atom. The second kappa shape index (κ2) is 8.30. The number of nitrogens with one attached hydrogen (secondary N) is 1. The maximum Gasteiger partial charge on any atom is 0.280 e. The fourth-order valence-corrected chi connectivity index (χ4v) is 3.49. The van der Waals surface area contributed by atoms with Gasteiger partial charge in [0.15, 0.2) is 0 Å². The molecule has 1 N–H and O–H groups in total. The van der Waals surface area contributed by atoms with E-state index in [0.29, 0.717) is 38.4 Å². The van der Waals surface area contributed by atoms with E-state index < -0.39 is 0 Å². The smallest absolute Gasteiger partial charge is 0.280 e. The van der Waals surface area contributed by atoms with Gasteiger partial charge in [-0.2, -0.15) is 0 Å². The Balaban J connectivity index is 1.93. The van der Waals surface area contributed by atoms with Crippen molar-refractivity contribution in [2.75, 3.05) is 0 Å². The monoisotopic (exact) mass is 439 g/mol. The van der Waals surface area contributed by atoms with Crippen molar-refractivity contribution in [3.63, 3.8) is 0 Å². The molecule has 0 saturated carbocycles. The minimum atomic E-state index is -0.379. The van der Waals surface area contributed by atoms with E-state index in [1.54, 1.807) is 25.1 Å². The summed E-state index contributed by atoms with van der Waals surface area (Å²) in [6.07, 6.45) is 0. The number of nitrogens with zero attached hydrogens (tertiary/aromatic N) is 2. The Hall–Kier alpha value is -3.15. The summed E-state index contributed by atoms with van der Waals surface area (Å²) in [4.78, 5) is 17.9. The Morgan fingerprint density at radius 1 is 1.00 bits per heavy atom. The number of aromatic amines is 1. The molecule has 1 aromatic heterocycles. The molecule has 4 rings (SSSR count). The average Bonchev–Trinajstić information content (AvgIpc) is 3.09. The van der Waals surface area contributed by atoms with Crippen LogP contribution < -0.4 is 5.56 Å². The Kier molecular flexibility index (Phi) is 5.57. The van der Waals surface area contributed by atoms with Gasteiger partial charge in [-0.15, -0.1) is 0 Å². The summed E-state index contributed by atoms with van der Waals surface area (Å²) in [5.41, 5.74) is 2.95. The quantitative estimate of drug-likeness (QED) is 0.366. The minimum absolute atomic E-state index is 0.306. The van der Waals surface area contributed by atoms with Crippen molar-refractivity contribution in [3.8, 4) is 16.9 Å². The molecule has 3 aromatic carbocycles. The third kappa shape index (κ3) is 3.95. The molecule has 0 aliphatic carbocycles. The van der Waals surface area contributed by atoms with Crippen molar-refractivity contribution in [2.45, 2.75) is 6.92 Å². The van der Waals surface area contributed by atoms with Gasteiger partial charge in [-0.05, 0) is 49.4 Å². The van der Waals surface area contributed by atoms with Crippen molar-refractivity contribution in [1.82, 2.24) is 9.78 Å². The normalized spacial score (nSPS) is 11.7. The first-order chi connectivity index (χ1) is 14.4. The summed E-state index contributed by atoms with van der Waals surface area (Å²) in [6.45, 7) is 1.74. The molecular weight excluding hydrogens is 424 g/mol. The molecule has 0 bridgehead atoms. The maximum atomic E-state index is 13.4. The number of halogens is 3. The van der Waals surface area contributed by atoms with Gasteiger partial charge in [0.05, 0.1) is 33.4 Å². The van der Waals surface area contributed by atoms with Gasteiger partial charge in [0.2, 0.25) is 0 Å². The molecule has 0 amide bonds. The van der Waals surface area contributed by atoms with Crippen molar-refractivity contribution in [1.29, 1.82) is 0 Å². The molecule has 4 nitrogen and oxygen atoms in total. The molecule has 4 aromatic rings. The topological polar surface area (TPSA) is 50.1 Å². The zero-order valence-electron chi connectivity index (χ0n) is 15.9. The summed E-state index contributed by atoms with van der Waals surface area (Å²) in [7, 11) is 0. The minimum Gasteiger partial charge on any atom is -0.290 e. The van der Waals surface area contributed by atoms with Crippen LogP contribution in [-0.4, -0.2) is 15.5 Å². The van der Waals surface area contributed by atoms with E-state index in [9.17, 15) is 9.18 Å². The van der Waals surface area contributed by atoms with Crippen molar-refractivity contribution in [3.05, 3.63) is 105 Å². The Bertz CT molecular complexity index is 1290. The lowest BCUT2D eigenvalue weighted by Crippen LogP contribution is -2.19. The molecule has 30 heavy (non-hydrogen) atoms. The van der Waals surface area contributed by atoms with E-state index in [2.05, 4.69) is 10.1 Å². The van der Waals surface area contributed by atoms with E-state index in [1.807, 2.05) is 30.3 Å². The number of aliphatic imine (C=N–C) groups is 1. The lowest BCUT2D eigenvalue weighted by Gasteiger charge is -2.04. The zero-order valence-corrected chi connectivity index (χ0v) is 17.4. The van der Waals surface area contributed by atoms with Gasteiger partial charge in [0.1, 0.15) is 5.82 Å². The van der Waals surface area contributed by atoms with Crippen LogP contribution in [0.25, 0.3) is 16.9 Å². The second-order valence-corrected chi connectivity index (χ2v) is 7.48. The fourth-order valence-electron chi connectivity index (χ4n) is 3.17. The van der Waals surface area contributed by atoms with E-state index in [4.69, 9.17) is 23.2 Å². The summed E-state index contributed by atoms with van der Waals surface area (Å²) in [5, 5.41) is 4.05. The SMILES string of the molecule is CC(=Nc1cc(Cl)ccc1Cl)c1c(-c2ccccc2)[nH]n(-c2ccc(F)cc2)c1=O. The molecule has 0 saturated heterocycles. The molecule has 7 heteroatoms. The molecule has 0 radical (unpaired) electrons. The van der Waals surface area contributed by atoms with Crippen LogP contribution >= 0.6 is 23.2 Å². The van der Waals surface area contributed by atoms with Crippen molar-refractivity contribution < 1.29 is 4.39 Å². The van der Waals surface area contributed by atoms with Crippen LogP contribution in [0.5, 0.6) is 0 Å². The van der Waals surface area contributed by atoms with Crippen LogP contribution in [0.2, 0.25) is 10.0 Å². The first-order valence-corrected chi connectivity index (χ1v) is 9.87. The molecule has 0 fully saturated rings.